The summed E-state index contributed by atoms with van der Waals surface area (Å²) in [5.74, 6) is 2.20. The van der Waals surface area contributed by atoms with Crippen LogP contribution in [-0.4, -0.2) is 22.6 Å². The Labute approximate surface area is 115 Å². The van der Waals surface area contributed by atoms with Gasteiger partial charge in [0.15, 0.2) is 0 Å². The number of hydrogen-bond acceptors (Lipinski definition) is 3. The second kappa shape index (κ2) is 5.43. The van der Waals surface area contributed by atoms with E-state index in [1.54, 1.807) is 0 Å². The minimum absolute atomic E-state index is 0.310. The van der Waals surface area contributed by atoms with Gasteiger partial charge in [-0.15, -0.1) is 0 Å². The van der Waals surface area contributed by atoms with Crippen LogP contribution in [0.3, 0.4) is 0 Å². The lowest BCUT2D eigenvalue weighted by atomic mass is 10.1. The molecule has 1 atom stereocenters. The van der Waals surface area contributed by atoms with Crippen molar-refractivity contribution in [2.75, 3.05) is 11.4 Å². The number of aromatic nitrogens is 2. The number of nitrogens with zero attached hydrogens (tertiary/aromatic N) is 3. The van der Waals surface area contributed by atoms with Crippen LogP contribution >= 0.6 is 11.6 Å². The van der Waals surface area contributed by atoms with E-state index in [1.165, 1.54) is 12.8 Å². The molecule has 1 fully saturated rings. The third-order valence-corrected chi connectivity index (χ3v) is 4.08. The van der Waals surface area contributed by atoms with E-state index in [4.69, 9.17) is 16.6 Å². The van der Waals surface area contributed by atoms with E-state index in [2.05, 4.69) is 30.7 Å². The molecule has 2 rings (SSSR count). The van der Waals surface area contributed by atoms with Crippen LogP contribution in [0.15, 0.2) is 0 Å². The molecule has 0 aromatic carbocycles. The van der Waals surface area contributed by atoms with Crippen molar-refractivity contribution in [2.45, 2.75) is 58.9 Å². The normalized spacial score (nSPS) is 19.9. The van der Waals surface area contributed by atoms with Crippen LogP contribution in [0, 0.1) is 6.92 Å². The number of halogens is 1. The Morgan fingerprint density at radius 3 is 2.72 bits per heavy atom. The fourth-order valence-corrected chi connectivity index (χ4v) is 2.74. The second-order valence-corrected chi connectivity index (χ2v) is 5.73. The summed E-state index contributed by atoms with van der Waals surface area (Å²) in [6.07, 6.45) is 3.67. The lowest BCUT2D eigenvalue weighted by molar-refractivity contribution is 0.634. The molecule has 0 N–H and O–H groups in total. The van der Waals surface area contributed by atoms with E-state index < -0.39 is 0 Å². The zero-order chi connectivity index (χ0) is 13.3. The van der Waals surface area contributed by atoms with Gasteiger partial charge in [-0.25, -0.2) is 9.97 Å². The van der Waals surface area contributed by atoms with Crippen molar-refractivity contribution in [3.8, 4) is 0 Å². The summed E-state index contributed by atoms with van der Waals surface area (Å²) in [5.41, 5.74) is 1.02. The topological polar surface area (TPSA) is 29.0 Å². The third kappa shape index (κ3) is 2.46. The van der Waals surface area contributed by atoms with Crippen molar-refractivity contribution < 1.29 is 0 Å². The average Bonchev–Trinajstić information content (AvgIpc) is 2.80. The van der Waals surface area contributed by atoms with Gasteiger partial charge in [0.25, 0.3) is 0 Å². The van der Waals surface area contributed by atoms with Gasteiger partial charge in [0.05, 0.1) is 0 Å². The molecule has 1 aromatic rings. The van der Waals surface area contributed by atoms with Gasteiger partial charge in [0.1, 0.15) is 16.8 Å². The van der Waals surface area contributed by atoms with E-state index in [1.807, 2.05) is 6.92 Å². The highest BCUT2D eigenvalue weighted by atomic mass is 35.5. The highest BCUT2D eigenvalue weighted by Crippen LogP contribution is 2.31. The molecule has 4 heteroatoms. The lowest BCUT2D eigenvalue weighted by Crippen LogP contribution is -2.30. The maximum atomic E-state index is 6.25. The van der Waals surface area contributed by atoms with Gasteiger partial charge in [-0.3, -0.25) is 0 Å². The lowest BCUT2D eigenvalue weighted by Gasteiger charge is -2.27. The van der Waals surface area contributed by atoms with Gasteiger partial charge in [0, 0.05) is 24.1 Å². The zero-order valence-corrected chi connectivity index (χ0v) is 12.5. The Kier molecular flexibility index (Phi) is 4.10. The van der Waals surface area contributed by atoms with Crippen LogP contribution < -0.4 is 4.90 Å². The maximum absolute atomic E-state index is 6.25. The van der Waals surface area contributed by atoms with Crippen LogP contribution in [0.25, 0.3) is 0 Å². The molecule has 0 radical (unpaired) electrons. The molecule has 18 heavy (non-hydrogen) atoms. The van der Waals surface area contributed by atoms with Gasteiger partial charge >= 0.3 is 0 Å². The third-order valence-electron chi connectivity index (χ3n) is 3.71. The molecule has 0 spiro atoms. The van der Waals surface area contributed by atoms with Crippen LogP contribution in [0.4, 0.5) is 5.82 Å². The predicted molar refractivity (Wildman–Crippen MR) is 76.5 cm³/mol. The quantitative estimate of drug-likeness (QED) is 0.777. The summed E-state index contributed by atoms with van der Waals surface area (Å²) in [7, 11) is 0. The average molecular weight is 268 g/mol. The Morgan fingerprint density at radius 1 is 1.39 bits per heavy atom. The molecule has 0 bridgehead atoms. The largest absolute Gasteiger partial charge is 0.353 e. The smallest absolute Gasteiger partial charge is 0.137 e. The Hall–Kier alpha value is -0.830. The number of hydrogen-bond donors (Lipinski definition) is 0. The molecule has 0 aliphatic carbocycles. The van der Waals surface area contributed by atoms with Crippen LogP contribution in [0.1, 0.15) is 57.3 Å². The molecule has 0 amide bonds. The van der Waals surface area contributed by atoms with Gasteiger partial charge in [-0.05, 0) is 26.2 Å². The Bertz CT molecular complexity index is 431. The van der Waals surface area contributed by atoms with Gasteiger partial charge in [-0.1, -0.05) is 32.4 Å². The minimum Gasteiger partial charge on any atom is -0.353 e. The molecule has 1 aromatic heterocycles. The standard InChI is InChI=1S/C14H22ClN3/c1-5-11-7-6-8-18(11)14-10(4)12(15)16-13(17-14)9(2)3/h9,11H,5-8H2,1-4H3. The van der Waals surface area contributed by atoms with Gasteiger partial charge < -0.3 is 4.90 Å². The summed E-state index contributed by atoms with van der Waals surface area (Å²) in [6.45, 7) is 9.56. The first-order valence-electron chi connectivity index (χ1n) is 6.85. The first-order chi connectivity index (χ1) is 8.54. The van der Waals surface area contributed by atoms with Crippen LogP contribution in [-0.2, 0) is 0 Å². The van der Waals surface area contributed by atoms with Crippen molar-refractivity contribution >= 4 is 17.4 Å². The van der Waals surface area contributed by atoms with E-state index in [0.717, 1.165) is 30.2 Å². The number of rotatable bonds is 3. The van der Waals surface area contributed by atoms with E-state index >= 15 is 0 Å². The molecule has 3 nitrogen and oxygen atoms in total. The van der Waals surface area contributed by atoms with Gasteiger partial charge in [0.2, 0.25) is 0 Å². The summed E-state index contributed by atoms with van der Waals surface area (Å²) < 4.78 is 0. The predicted octanol–water partition coefficient (Wildman–Crippen LogP) is 3.94. The van der Waals surface area contributed by atoms with E-state index in [0.29, 0.717) is 17.1 Å². The van der Waals surface area contributed by atoms with Crippen LogP contribution in [0.5, 0.6) is 0 Å². The van der Waals surface area contributed by atoms with Crippen molar-refractivity contribution in [3.63, 3.8) is 0 Å². The molecule has 1 unspecified atom stereocenters. The minimum atomic E-state index is 0.310. The van der Waals surface area contributed by atoms with E-state index in [-0.39, 0.29) is 0 Å². The first kappa shape index (κ1) is 13.6. The van der Waals surface area contributed by atoms with Crippen molar-refractivity contribution in [2.24, 2.45) is 0 Å². The summed E-state index contributed by atoms with van der Waals surface area (Å²) >= 11 is 6.25. The summed E-state index contributed by atoms with van der Waals surface area (Å²) in [6, 6.07) is 0.606. The molecular formula is C14H22ClN3. The fourth-order valence-electron chi connectivity index (χ4n) is 2.57. The fraction of sp³-hybridized carbons (Fsp3) is 0.714. The monoisotopic (exact) mass is 267 g/mol. The van der Waals surface area contributed by atoms with Crippen molar-refractivity contribution in [1.82, 2.24) is 9.97 Å². The molecule has 1 aliphatic heterocycles. The summed E-state index contributed by atoms with van der Waals surface area (Å²) in [4.78, 5) is 11.5. The van der Waals surface area contributed by atoms with Gasteiger partial charge in [-0.2, -0.15) is 0 Å². The molecule has 1 aliphatic rings. The molecular weight excluding hydrogens is 246 g/mol. The Morgan fingerprint density at radius 2 is 2.11 bits per heavy atom. The number of anilines is 1. The molecule has 1 saturated heterocycles. The molecule has 2 heterocycles. The van der Waals surface area contributed by atoms with E-state index in [9.17, 15) is 0 Å². The molecule has 0 saturated carbocycles. The van der Waals surface area contributed by atoms with Crippen molar-refractivity contribution in [1.29, 1.82) is 0 Å². The van der Waals surface area contributed by atoms with Crippen molar-refractivity contribution in [3.05, 3.63) is 16.5 Å². The second-order valence-electron chi connectivity index (χ2n) is 5.37. The highest BCUT2D eigenvalue weighted by Gasteiger charge is 2.27. The molecule has 100 valence electrons. The SMILES string of the molecule is CCC1CCCN1c1nc(C(C)C)nc(Cl)c1C. The highest BCUT2D eigenvalue weighted by molar-refractivity contribution is 6.30. The first-order valence-corrected chi connectivity index (χ1v) is 7.23. The maximum Gasteiger partial charge on any atom is 0.137 e. The van der Waals surface area contributed by atoms with Crippen LogP contribution in [0.2, 0.25) is 5.15 Å². The zero-order valence-electron chi connectivity index (χ0n) is 11.7. The summed E-state index contributed by atoms with van der Waals surface area (Å²) in [5, 5.41) is 0.602. The Balaban J connectivity index is 2.42.